The Hall–Kier alpha value is -0.780. The first-order chi connectivity index (χ1) is 4.87. The molecule has 0 heteroatoms. The molecule has 2 atom stereocenters. The van der Waals surface area contributed by atoms with Gasteiger partial charge in [0.25, 0.3) is 0 Å². The van der Waals surface area contributed by atoms with Crippen molar-refractivity contribution in [1.82, 2.24) is 0 Å². The van der Waals surface area contributed by atoms with Gasteiger partial charge in [0.05, 0.1) is 0 Å². The van der Waals surface area contributed by atoms with Crippen molar-refractivity contribution < 1.29 is 0 Å². The van der Waals surface area contributed by atoms with Gasteiger partial charge >= 0.3 is 0 Å². The lowest BCUT2D eigenvalue weighted by Gasteiger charge is -2.12. The Morgan fingerprint density at radius 2 is 1.90 bits per heavy atom. The first kappa shape index (κ1) is 4.95. The smallest absolute Gasteiger partial charge is 0.0167 e. The Balaban J connectivity index is 2.20. The van der Waals surface area contributed by atoms with Gasteiger partial charge in [-0.15, -0.1) is 0 Å². The lowest BCUT2D eigenvalue weighted by Crippen LogP contribution is -2.03. The fourth-order valence-corrected chi connectivity index (χ4v) is 2.47. The average Bonchev–Trinajstić information content (AvgIpc) is 2.47. The van der Waals surface area contributed by atoms with Crippen molar-refractivity contribution in [2.75, 3.05) is 0 Å². The van der Waals surface area contributed by atoms with E-state index in [4.69, 9.17) is 0 Å². The van der Waals surface area contributed by atoms with Crippen LogP contribution >= 0.6 is 0 Å². The van der Waals surface area contributed by atoms with Crippen LogP contribution < -0.4 is 0 Å². The summed E-state index contributed by atoms with van der Waals surface area (Å²) in [5, 5.41) is 0. The highest BCUT2D eigenvalue weighted by molar-refractivity contribution is 5.45. The summed E-state index contributed by atoms with van der Waals surface area (Å²) in [5.41, 5.74) is 1.05. The molecule has 1 saturated carbocycles. The summed E-state index contributed by atoms with van der Waals surface area (Å²) in [4.78, 5) is 0. The maximum Gasteiger partial charge on any atom is 0.0167 e. The van der Waals surface area contributed by atoms with Crippen LogP contribution in [-0.2, 0) is 0 Å². The van der Waals surface area contributed by atoms with Gasteiger partial charge in [-0.3, -0.25) is 0 Å². The summed E-state index contributed by atoms with van der Waals surface area (Å²) in [6.07, 6.45) is 16.5. The van der Waals surface area contributed by atoms with Crippen molar-refractivity contribution in [3.05, 3.63) is 36.5 Å². The summed E-state index contributed by atoms with van der Waals surface area (Å²) < 4.78 is 0. The van der Waals surface area contributed by atoms with Crippen molar-refractivity contribution in [3.8, 4) is 0 Å². The van der Waals surface area contributed by atoms with E-state index in [1.165, 1.54) is 12.8 Å². The molecule has 0 amide bonds. The molecule has 3 rings (SSSR count). The van der Waals surface area contributed by atoms with Crippen LogP contribution in [0.1, 0.15) is 12.8 Å². The molecule has 0 aromatic heterocycles. The summed E-state index contributed by atoms with van der Waals surface area (Å²) >= 11 is 0. The third-order valence-electron chi connectivity index (χ3n) is 3.23. The van der Waals surface area contributed by atoms with Crippen molar-refractivity contribution in [2.45, 2.75) is 12.8 Å². The van der Waals surface area contributed by atoms with Crippen LogP contribution in [0.3, 0.4) is 0 Å². The monoisotopic (exact) mass is 130 g/mol. The first-order valence-corrected chi connectivity index (χ1v) is 3.92. The summed E-state index contributed by atoms with van der Waals surface area (Å²) in [5.74, 6) is 0. The molecule has 0 radical (unpaired) electrons. The van der Waals surface area contributed by atoms with Gasteiger partial charge < -0.3 is 0 Å². The van der Waals surface area contributed by atoms with E-state index in [0.717, 1.165) is 0 Å². The fraction of sp³-hybridized carbons (Fsp3) is 0.400. The molecule has 0 aliphatic heterocycles. The second-order valence-electron chi connectivity index (χ2n) is 3.70. The van der Waals surface area contributed by atoms with Gasteiger partial charge in [0.15, 0.2) is 0 Å². The highest BCUT2D eigenvalue weighted by Gasteiger charge is 2.64. The van der Waals surface area contributed by atoms with Gasteiger partial charge in [-0.2, -0.15) is 0 Å². The minimum Gasteiger partial charge on any atom is -0.0867 e. The van der Waals surface area contributed by atoms with E-state index in [-0.39, 0.29) is 0 Å². The fourth-order valence-electron chi connectivity index (χ4n) is 2.47. The molecule has 2 unspecified atom stereocenters. The molecule has 0 N–H and O–H groups in total. The topological polar surface area (TPSA) is 0 Å². The van der Waals surface area contributed by atoms with Crippen molar-refractivity contribution in [3.63, 3.8) is 0 Å². The van der Waals surface area contributed by atoms with Gasteiger partial charge in [-0.1, -0.05) is 36.5 Å². The average molecular weight is 130 g/mol. The van der Waals surface area contributed by atoms with Crippen molar-refractivity contribution in [2.24, 2.45) is 10.8 Å². The normalized spacial score (nSPS) is 52.8. The van der Waals surface area contributed by atoms with Crippen LogP contribution in [0.4, 0.5) is 0 Å². The Morgan fingerprint density at radius 3 is 2.80 bits per heavy atom. The second-order valence-corrected chi connectivity index (χ2v) is 3.70. The molecule has 0 heterocycles. The van der Waals surface area contributed by atoms with Crippen molar-refractivity contribution >= 4 is 0 Å². The van der Waals surface area contributed by atoms with Crippen LogP contribution in [0, 0.1) is 10.8 Å². The molecule has 0 aromatic carbocycles. The van der Waals surface area contributed by atoms with E-state index in [2.05, 4.69) is 36.5 Å². The molecule has 3 aliphatic carbocycles. The zero-order chi connectivity index (χ0) is 6.66. The molecular weight excluding hydrogens is 120 g/mol. The molecule has 3 aliphatic rings. The molecule has 50 valence electrons. The Kier molecular flexibility index (Phi) is 0.574. The van der Waals surface area contributed by atoms with E-state index in [1.54, 1.807) is 0 Å². The predicted molar refractivity (Wildman–Crippen MR) is 41.5 cm³/mol. The minimum atomic E-state index is 0.488. The number of rotatable bonds is 0. The number of allylic oxidation sites excluding steroid dienone is 6. The summed E-state index contributed by atoms with van der Waals surface area (Å²) in [6, 6.07) is 0. The Labute approximate surface area is 60.9 Å². The maximum atomic E-state index is 2.38. The Morgan fingerprint density at radius 1 is 1.00 bits per heavy atom. The standard InChI is InChI=1S/C10H10/c1-2-5-10-7-3-6-9(10,4-1)8-10/h1-6H,7-8H2. The van der Waals surface area contributed by atoms with Crippen LogP contribution in [0.25, 0.3) is 0 Å². The zero-order valence-electron chi connectivity index (χ0n) is 5.88. The van der Waals surface area contributed by atoms with Gasteiger partial charge in [-0.25, -0.2) is 0 Å². The third-order valence-corrected chi connectivity index (χ3v) is 3.23. The van der Waals surface area contributed by atoms with E-state index in [0.29, 0.717) is 10.8 Å². The molecule has 1 fully saturated rings. The van der Waals surface area contributed by atoms with E-state index >= 15 is 0 Å². The number of hydrogen-bond acceptors (Lipinski definition) is 0. The highest BCUT2D eigenvalue weighted by Crippen LogP contribution is 2.73. The first-order valence-electron chi connectivity index (χ1n) is 3.92. The van der Waals surface area contributed by atoms with Crippen LogP contribution in [0.15, 0.2) is 36.5 Å². The van der Waals surface area contributed by atoms with E-state index < -0.39 is 0 Å². The summed E-state index contributed by atoms with van der Waals surface area (Å²) in [7, 11) is 0. The van der Waals surface area contributed by atoms with E-state index in [1.807, 2.05) is 0 Å². The quantitative estimate of drug-likeness (QED) is 0.442. The van der Waals surface area contributed by atoms with Gasteiger partial charge in [0, 0.05) is 10.8 Å². The molecular formula is C10H10. The van der Waals surface area contributed by atoms with Gasteiger partial charge in [-0.05, 0) is 12.8 Å². The van der Waals surface area contributed by atoms with E-state index in [9.17, 15) is 0 Å². The largest absolute Gasteiger partial charge is 0.0867 e. The van der Waals surface area contributed by atoms with Gasteiger partial charge in [0.2, 0.25) is 0 Å². The lowest BCUT2D eigenvalue weighted by atomic mass is 9.92. The molecule has 10 heavy (non-hydrogen) atoms. The number of hydrogen-bond donors (Lipinski definition) is 0. The molecule has 0 aromatic rings. The zero-order valence-corrected chi connectivity index (χ0v) is 5.88. The second kappa shape index (κ2) is 1.16. The highest BCUT2D eigenvalue weighted by atomic mass is 14.7. The SMILES string of the molecule is C1=CC23C=CCC2(C=C1)C3. The van der Waals surface area contributed by atoms with Crippen LogP contribution in [-0.4, -0.2) is 0 Å². The molecule has 0 saturated heterocycles. The van der Waals surface area contributed by atoms with Crippen LogP contribution in [0.2, 0.25) is 0 Å². The maximum absolute atomic E-state index is 2.38. The minimum absolute atomic E-state index is 0.488. The predicted octanol–water partition coefficient (Wildman–Crippen LogP) is 2.45. The van der Waals surface area contributed by atoms with Gasteiger partial charge in [0.1, 0.15) is 0 Å². The Bertz CT molecular complexity index is 270. The molecule has 0 spiro atoms. The van der Waals surface area contributed by atoms with Crippen molar-refractivity contribution in [1.29, 1.82) is 0 Å². The molecule has 0 bridgehead atoms. The van der Waals surface area contributed by atoms with Crippen LogP contribution in [0.5, 0.6) is 0 Å². The lowest BCUT2D eigenvalue weighted by molar-refractivity contribution is 0.588. The third kappa shape index (κ3) is 0.327. The molecule has 0 nitrogen and oxygen atoms in total. The summed E-state index contributed by atoms with van der Waals surface area (Å²) in [6.45, 7) is 0.